The molecule has 1 amide bonds. The summed E-state index contributed by atoms with van der Waals surface area (Å²) >= 11 is 5.95. The molecule has 2 aromatic rings. The predicted molar refractivity (Wildman–Crippen MR) is 80.2 cm³/mol. The fourth-order valence-corrected chi connectivity index (χ4v) is 2.04. The quantitative estimate of drug-likeness (QED) is 0.874. The van der Waals surface area contributed by atoms with E-state index in [1.54, 1.807) is 18.3 Å². The molecule has 0 saturated carbocycles. The van der Waals surface area contributed by atoms with Gasteiger partial charge in [0.1, 0.15) is 5.15 Å². The Kier molecular flexibility index (Phi) is 4.69. The molecule has 0 aliphatic carbocycles. The van der Waals surface area contributed by atoms with E-state index in [0.717, 1.165) is 24.2 Å². The molecule has 0 fully saturated rings. The lowest BCUT2D eigenvalue weighted by Crippen LogP contribution is -2.13. The average molecular weight is 290 g/mol. The SMILES string of the molecule is CCCc1cc(C(=O)Nc2ccc(C)nc2)cc(Cl)n1. The van der Waals surface area contributed by atoms with Crippen molar-refractivity contribution in [2.45, 2.75) is 26.7 Å². The molecule has 5 heteroatoms. The number of amides is 1. The van der Waals surface area contributed by atoms with Crippen LogP contribution in [0.5, 0.6) is 0 Å². The molecule has 2 aromatic heterocycles. The molecule has 20 heavy (non-hydrogen) atoms. The van der Waals surface area contributed by atoms with Crippen molar-refractivity contribution in [1.29, 1.82) is 0 Å². The zero-order valence-corrected chi connectivity index (χ0v) is 12.2. The van der Waals surface area contributed by atoms with Crippen molar-refractivity contribution in [1.82, 2.24) is 9.97 Å². The molecule has 0 atom stereocenters. The summed E-state index contributed by atoms with van der Waals surface area (Å²) in [5.74, 6) is -0.211. The molecule has 0 radical (unpaired) electrons. The fraction of sp³-hybridized carbons (Fsp3) is 0.267. The molecule has 0 aromatic carbocycles. The largest absolute Gasteiger partial charge is 0.321 e. The summed E-state index contributed by atoms with van der Waals surface area (Å²) in [6, 6.07) is 7.00. The van der Waals surface area contributed by atoms with E-state index in [1.807, 2.05) is 19.1 Å². The van der Waals surface area contributed by atoms with Crippen LogP contribution in [0, 0.1) is 6.92 Å². The van der Waals surface area contributed by atoms with E-state index < -0.39 is 0 Å². The number of nitrogens with one attached hydrogen (secondary N) is 1. The van der Waals surface area contributed by atoms with Gasteiger partial charge in [-0.3, -0.25) is 9.78 Å². The molecular formula is C15H16ClN3O. The minimum Gasteiger partial charge on any atom is -0.321 e. The maximum Gasteiger partial charge on any atom is 0.255 e. The van der Waals surface area contributed by atoms with Gasteiger partial charge in [0.05, 0.1) is 11.9 Å². The third-order valence-electron chi connectivity index (χ3n) is 2.78. The second-order valence-electron chi connectivity index (χ2n) is 4.56. The minimum absolute atomic E-state index is 0.211. The van der Waals surface area contributed by atoms with Crippen LogP contribution >= 0.6 is 11.6 Å². The van der Waals surface area contributed by atoms with E-state index in [2.05, 4.69) is 22.2 Å². The highest BCUT2D eigenvalue weighted by Gasteiger charge is 2.09. The monoisotopic (exact) mass is 289 g/mol. The van der Waals surface area contributed by atoms with Gasteiger partial charge in [0.2, 0.25) is 0 Å². The number of hydrogen-bond acceptors (Lipinski definition) is 3. The van der Waals surface area contributed by atoms with Gasteiger partial charge in [0.15, 0.2) is 0 Å². The van der Waals surface area contributed by atoms with Crippen LogP contribution < -0.4 is 5.32 Å². The number of hydrogen-bond donors (Lipinski definition) is 1. The standard InChI is InChI=1S/C15H16ClN3O/c1-3-4-12-7-11(8-14(16)18-12)15(20)19-13-6-5-10(2)17-9-13/h5-9H,3-4H2,1-2H3,(H,19,20). The van der Waals surface area contributed by atoms with E-state index in [4.69, 9.17) is 11.6 Å². The van der Waals surface area contributed by atoms with Crippen molar-refractivity contribution in [2.24, 2.45) is 0 Å². The molecule has 0 aliphatic heterocycles. The van der Waals surface area contributed by atoms with Gasteiger partial charge in [-0.15, -0.1) is 0 Å². The first-order valence-electron chi connectivity index (χ1n) is 6.49. The first-order chi connectivity index (χ1) is 9.58. The van der Waals surface area contributed by atoms with Crippen LogP contribution in [0.15, 0.2) is 30.5 Å². The van der Waals surface area contributed by atoms with Gasteiger partial charge in [-0.1, -0.05) is 24.9 Å². The summed E-state index contributed by atoms with van der Waals surface area (Å²) in [4.78, 5) is 20.5. The Hall–Kier alpha value is -1.94. The van der Waals surface area contributed by atoms with Crippen LogP contribution in [0.1, 0.15) is 35.1 Å². The highest BCUT2D eigenvalue weighted by Crippen LogP contribution is 2.14. The Labute approximate surface area is 123 Å². The third-order valence-corrected chi connectivity index (χ3v) is 2.98. The Morgan fingerprint density at radius 1 is 1.35 bits per heavy atom. The number of carbonyl (C=O) groups is 1. The predicted octanol–water partition coefficient (Wildman–Crippen LogP) is 3.64. The number of rotatable bonds is 4. The first-order valence-corrected chi connectivity index (χ1v) is 6.86. The maximum atomic E-state index is 12.2. The van der Waals surface area contributed by atoms with E-state index >= 15 is 0 Å². The van der Waals surface area contributed by atoms with Crippen LogP contribution in [0.2, 0.25) is 5.15 Å². The van der Waals surface area contributed by atoms with Crippen molar-refractivity contribution < 1.29 is 4.79 Å². The molecule has 0 unspecified atom stereocenters. The van der Waals surface area contributed by atoms with Gasteiger partial charge >= 0.3 is 0 Å². The molecule has 0 saturated heterocycles. The van der Waals surface area contributed by atoms with Crippen molar-refractivity contribution >= 4 is 23.2 Å². The Morgan fingerprint density at radius 2 is 2.15 bits per heavy atom. The molecule has 0 aliphatic rings. The highest BCUT2D eigenvalue weighted by molar-refractivity contribution is 6.29. The zero-order chi connectivity index (χ0) is 14.5. The lowest BCUT2D eigenvalue weighted by atomic mass is 10.1. The van der Waals surface area contributed by atoms with Crippen LogP contribution in [0.25, 0.3) is 0 Å². The Bertz CT molecular complexity index is 611. The fourth-order valence-electron chi connectivity index (χ4n) is 1.81. The summed E-state index contributed by atoms with van der Waals surface area (Å²) in [5, 5.41) is 3.13. The number of halogens is 1. The third kappa shape index (κ3) is 3.78. The van der Waals surface area contributed by atoms with Gasteiger partial charge in [-0.05, 0) is 37.6 Å². The number of aromatic nitrogens is 2. The number of anilines is 1. The molecule has 0 bridgehead atoms. The Balaban J connectivity index is 2.18. The molecular weight excluding hydrogens is 274 g/mol. The molecule has 1 N–H and O–H groups in total. The van der Waals surface area contributed by atoms with Gasteiger partial charge < -0.3 is 5.32 Å². The van der Waals surface area contributed by atoms with Crippen LogP contribution in [-0.2, 0) is 6.42 Å². The topological polar surface area (TPSA) is 54.9 Å². The van der Waals surface area contributed by atoms with Gasteiger partial charge in [0, 0.05) is 17.0 Å². The maximum absolute atomic E-state index is 12.2. The summed E-state index contributed by atoms with van der Waals surface area (Å²) in [7, 11) is 0. The second kappa shape index (κ2) is 6.48. The van der Waals surface area contributed by atoms with Crippen LogP contribution in [-0.4, -0.2) is 15.9 Å². The average Bonchev–Trinajstić information content (AvgIpc) is 2.41. The lowest BCUT2D eigenvalue weighted by molar-refractivity contribution is 0.102. The smallest absolute Gasteiger partial charge is 0.255 e. The zero-order valence-electron chi connectivity index (χ0n) is 11.5. The van der Waals surface area contributed by atoms with Crippen molar-refractivity contribution in [2.75, 3.05) is 5.32 Å². The molecule has 104 valence electrons. The molecule has 2 heterocycles. The van der Waals surface area contributed by atoms with E-state index in [9.17, 15) is 4.79 Å². The summed E-state index contributed by atoms with van der Waals surface area (Å²) in [6.07, 6.45) is 3.38. The van der Waals surface area contributed by atoms with Crippen molar-refractivity contribution in [3.05, 3.63) is 52.6 Å². The lowest BCUT2D eigenvalue weighted by Gasteiger charge is -2.07. The molecule has 4 nitrogen and oxygen atoms in total. The Morgan fingerprint density at radius 3 is 2.80 bits per heavy atom. The van der Waals surface area contributed by atoms with Crippen LogP contribution in [0.3, 0.4) is 0 Å². The number of aryl methyl sites for hydroxylation is 2. The summed E-state index contributed by atoms with van der Waals surface area (Å²) < 4.78 is 0. The number of nitrogens with zero attached hydrogens (tertiary/aromatic N) is 2. The van der Waals surface area contributed by atoms with E-state index in [1.165, 1.54) is 0 Å². The molecule has 0 spiro atoms. The van der Waals surface area contributed by atoms with E-state index in [-0.39, 0.29) is 5.91 Å². The summed E-state index contributed by atoms with van der Waals surface area (Å²) in [6.45, 7) is 3.95. The normalized spacial score (nSPS) is 10.3. The van der Waals surface area contributed by atoms with E-state index in [0.29, 0.717) is 16.4 Å². The van der Waals surface area contributed by atoms with Crippen molar-refractivity contribution in [3.8, 4) is 0 Å². The molecule has 2 rings (SSSR count). The minimum atomic E-state index is -0.211. The van der Waals surface area contributed by atoms with Crippen LogP contribution in [0.4, 0.5) is 5.69 Å². The number of pyridine rings is 2. The van der Waals surface area contributed by atoms with Gasteiger partial charge in [0.25, 0.3) is 5.91 Å². The van der Waals surface area contributed by atoms with Crippen molar-refractivity contribution in [3.63, 3.8) is 0 Å². The highest BCUT2D eigenvalue weighted by atomic mass is 35.5. The second-order valence-corrected chi connectivity index (χ2v) is 4.95. The van der Waals surface area contributed by atoms with Gasteiger partial charge in [-0.25, -0.2) is 4.98 Å². The first kappa shape index (κ1) is 14.5. The van der Waals surface area contributed by atoms with Gasteiger partial charge in [-0.2, -0.15) is 0 Å². The number of carbonyl (C=O) groups excluding carboxylic acids is 1. The summed E-state index contributed by atoms with van der Waals surface area (Å²) in [5.41, 5.74) is 2.90.